The molecule has 1 aliphatic heterocycles. The molecule has 1 saturated carbocycles. The van der Waals surface area contributed by atoms with Crippen LogP contribution in [0.5, 0.6) is 5.75 Å². The monoisotopic (exact) mass is 333 g/mol. The molecule has 1 heterocycles. The van der Waals surface area contributed by atoms with Crippen molar-refractivity contribution >= 4 is 6.08 Å². The molecule has 1 aliphatic carbocycles. The highest BCUT2D eigenvalue weighted by atomic mass is 16.3. The smallest absolute Gasteiger partial charge is 0.115 e. The molecule has 0 aromatic heterocycles. The van der Waals surface area contributed by atoms with Crippen LogP contribution in [-0.2, 0) is 5.41 Å². The number of piperidine rings is 1. The molecule has 3 atom stereocenters. The van der Waals surface area contributed by atoms with Crippen molar-refractivity contribution < 1.29 is 5.11 Å². The number of aryl methyl sites for hydroxylation is 1. The molecule has 1 N–H and O–H groups in total. The molecule has 0 radical (unpaired) electrons. The van der Waals surface area contributed by atoms with Gasteiger partial charge in [0.15, 0.2) is 0 Å². The zero-order chi connectivity index (χ0) is 17.4. The topological polar surface area (TPSA) is 23.5 Å². The van der Waals surface area contributed by atoms with Crippen molar-refractivity contribution in [3.63, 3.8) is 0 Å². The number of fused-ring (bicyclic) bond motifs is 1. The summed E-state index contributed by atoms with van der Waals surface area (Å²) in [4.78, 5) is 2.58. The van der Waals surface area contributed by atoms with Crippen LogP contribution < -0.4 is 0 Å². The van der Waals surface area contributed by atoms with E-state index in [1.165, 1.54) is 23.1 Å². The third-order valence-electron chi connectivity index (χ3n) is 6.28. The Morgan fingerprint density at radius 2 is 2.00 bits per heavy atom. The van der Waals surface area contributed by atoms with Gasteiger partial charge in [0.2, 0.25) is 0 Å². The lowest BCUT2D eigenvalue weighted by Crippen LogP contribution is -2.42. The van der Waals surface area contributed by atoms with Gasteiger partial charge in [0.1, 0.15) is 5.75 Å². The Balaban J connectivity index is 1.42. The fourth-order valence-electron chi connectivity index (χ4n) is 4.80. The van der Waals surface area contributed by atoms with Gasteiger partial charge in [-0.15, -0.1) is 0 Å². The molecule has 25 heavy (non-hydrogen) atoms. The van der Waals surface area contributed by atoms with Crippen LogP contribution in [0.15, 0.2) is 54.6 Å². The van der Waals surface area contributed by atoms with E-state index in [0.717, 1.165) is 25.6 Å². The Morgan fingerprint density at radius 1 is 1.16 bits per heavy atom. The molecule has 0 spiro atoms. The van der Waals surface area contributed by atoms with Gasteiger partial charge in [0.05, 0.1) is 0 Å². The van der Waals surface area contributed by atoms with Gasteiger partial charge in [-0.05, 0) is 54.0 Å². The lowest BCUT2D eigenvalue weighted by molar-refractivity contribution is 0.171. The maximum Gasteiger partial charge on any atom is 0.115 e. The van der Waals surface area contributed by atoms with E-state index in [9.17, 15) is 5.11 Å². The van der Waals surface area contributed by atoms with Gasteiger partial charge in [-0.3, -0.25) is 4.90 Å². The summed E-state index contributed by atoms with van der Waals surface area (Å²) in [5.41, 5.74) is 4.28. The van der Waals surface area contributed by atoms with Crippen LogP contribution in [0.2, 0.25) is 0 Å². The number of phenolic OH excluding ortho intramolecular Hbond substituents is 1. The molecule has 0 unspecified atom stereocenters. The summed E-state index contributed by atoms with van der Waals surface area (Å²) >= 11 is 0. The number of likely N-dealkylation sites (tertiary alicyclic amines) is 1. The van der Waals surface area contributed by atoms with Crippen LogP contribution >= 0.6 is 0 Å². The minimum atomic E-state index is 0.301. The van der Waals surface area contributed by atoms with Crippen molar-refractivity contribution in [1.29, 1.82) is 0 Å². The average molecular weight is 333 g/mol. The van der Waals surface area contributed by atoms with Gasteiger partial charge >= 0.3 is 0 Å². The zero-order valence-corrected chi connectivity index (χ0v) is 15.2. The molecule has 130 valence electrons. The Morgan fingerprint density at radius 3 is 2.76 bits per heavy atom. The minimum Gasteiger partial charge on any atom is -0.508 e. The van der Waals surface area contributed by atoms with Gasteiger partial charge in [-0.1, -0.05) is 55.5 Å². The first kappa shape index (κ1) is 16.4. The number of nitrogens with zero attached hydrogens (tertiary/aromatic N) is 1. The Hall–Kier alpha value is -2.06. The highest BCUT2D eigenvalue weighted by molar-refractivity contribution is 5.53. The van der Waals surface area contributed by atoms with E-state index in [4.69, 9.17) is 0 Å². The van der Waals surface area contributed by atoms with E-state index in [-0.39, 0.29) is 0 Å². The number of aromatic hydroxyl groups is 1. The van der Waals surface area contributed by atoms with E-state index in [2.05, 4.69) is 61.2 Å². The van der Waals surface area contributed by atoms with Gasteiger partial charge in [-0.2, -0.15) is 0 Å². The lowest BCUT2D eigenvalue weighted by atomic mass is 9.79. The molecule has 2 aromatic rings. The fraction of sp³-hybridized carbons (Fsp3) is 0.391. The van der Waals surface area contributed by atoms with E-state index in [1.807, 2.05) is 12.1 Å². The van der Waals surface area contributed by atoms with E-state index < -0.39 is 0 Å². The van der Waals surface area contributed by atoms with Crippen molar-refractivity contribution in [2.45, 2.75) is 25.7 Å². The molecule has 1 saturated heterocycles. The van der Waals surface area contributed by atoms with Crippen molar-refractivity contribution in [2.75, 3.05) is 19.6 Å². The quantitative estimate of drug-likeness (QED) is 0.882. The van der Waals surface area contributed by atoms with Crippen LogP contribution in [0.3, 0.4) is 0 Å². The fourth-order valence-corrected chi connectivity index (χ4v) is 4.80. The van der Waals surface area contributed by atoms with Crippen molar-refractivity contribution in [2.24, 2.45) is 11.8 Å². The SMILES string of the molecule is Cc1ccccc1/C=C/CN1C[C@@H]2C[C@]2(c2cccc(O)c2)[C@@H](C)C1. The van der Waals surface area contributed by atoms with Gasteiger partial charge in [-0.25, -0.2) is 0 Å². The molecule has 2 nitrogen and oxygen atoms in total. The molecule has 2 aromatic carbocycles. The first-order chi connectivity index (χ1) is 12.1. The molecule has 2 heteroatoms. The number of hydrogen-bond acceptors (Lipinski definition) is 2. The van der Waals surface area contributed by atoms with E-state index >= 15 is 0 Å². The van der Waals surface area contributed by atoms with Crippen LogP contribution in [0.25, 0.3) is 6.08 Å². The Labute approximate surface area is 150 Å². The normalized spacial score (nSPS) is 28.9. The van der Waals surface area contributed by atoms with Crippen LogP contribution in [-0.4, -0.2) is 29.6 Å². The van der Waals surface area contributed by atoms with E-state index in [1.54, 1.807) is 6.07 Å². The number of benzene rings is 2. The molecular weight excluding hydrogens is 306 g/mol. The molecule has 0 amide bonds. The second kappa shape index (κ2) is 6.34. The molecule has 2 fully saturated rings. The summed E-state index contributed by atoms with van der Waals surface area (Å²) in [6.07, 6.45) is 5.82. The summed E-state index contributed by atoms with van der Waals surface area (Å²) in [7, 11) is 0. The zero-order valence-electron chi connectivity index (χ0n) is 15.2. The maximum atomic E-state index is 9.84. The Kier molecular flexibility index (Phi) is 4.16. The summed E-state index contributed by atoms with van der Waals surface area (Å²) in [6.45, 7) is 7.85. The lowest BCUT2D eigenvalue weighted by Gasteiger charge is -2.36. The maximum absolute atomic E-state index is 9.84. The highest BCUT2D eigenvalue weighted by Crippen LogP contribution is 2.61. The first-order valence-corrected chi connectivity index (χ1v) is 9.33. The average Bonchev–Trinajstić information content (AvgIpc) is 3.33. The highest BCUT2D eigenvalue weighted by Gasteiger charge is 2.60. The van der Waals surface area contributed by atoms with E-state index in [0.29, 0.717) is 17.1 Å². The summed E-state index contributed by atoms with van der Waals surface area (Å²) in [6, 6.07) is 16.5. The second-order valence-electron chi connectivity index (χ2n) is 7.87. The summed E-state index contributed by atoms with van der Waals surface area (Å²) in [5.74, 6) is 1.75. The summed E-state index contributed by atoms with van der Waals surface area (Å²) in [5, 5.41) is 9.84. The van der Waals surface area contributed by atoms with Crippen LogP contribution in [0.4, 0.5) is 0 Å². The van der Waals surface area contributed by atoms with Gasteiger partial charge < -0.3 is 5.11 Å². The standard InChI is InChI=1S/C23H27NO/c1-17-7-3-4-8-19(17)9-6-12-24-15-18(2)23(14-21(23)16-24)20-10-5-11-22(25)13-20/h3-11,13,18,21,25H,12,14-16H2,1-2H3/b9-6+/t18-,21-,23+/m0/s1. The predicted molar refractivity (Wildman–Crippen MR) is 104 cm³/mol. The summed E-state index contributed by atoms with van der Waals surface area (Å²) < 4.78 is 0. The van der Waals surface area contributed by atoms with Crippen LogP contribution in [0.1, 0.15) is 30.0 Å². The predicted octanol–water partition coefficient (Wildman–Crippen LogP) is 4.62. The third-order valence-corrected chi connectivity index (χ3v) is 6.28. The Bertz CT molecular complexity index is 796. The molecule has 2 aliphatic rings. The molecular formula is C23H27NO. The van der Waals surface area contributed by atoms with Crippen molar-refractivity contribution in [1.82, 2.24) is 4.90 Å². The largest absolute Gasteiger partial charge is 0.508 e. The minimum absolute atomic E-state index is 0.301. The number of rotatable bonds is 4. The van der Waals surface area contributed by atoms with Crippen molar-refractivity contribution in [3.8, 4) is 5.75 Å². The third kappa shape index (κ3) is 3.00. The molecule has 4 rings (SSSR count). The second-order valence-corrected chi connectivity index (χ2v) is 7.87. The van der Waals surface area contributed by atoms with Gasteiger partial charge in [0.25, 0.3) is 0 Å². The first-order valence-electron chi connectivity index (χ1n) is 9.33. The van der Waals surface area contributed by atoms with Crippen molar-refractivity contribution in [3.05, 3.63) is 71.3 Å². The number of phenols is 1. The number of hydrogen-bond donors (Lipinski definition) is 1. The molecule has 0 bridgehead atoms. The van der Waals surface area contributed by atoms with Gasteiger partial charge in [0, 0.05) is 25.0 Å². The van der Waals surface area contributed by atoms with Crippen LogP contribution in [0, 0.1) is 18.8 Å².